The number of amides is 1. The Morgan fingerprint density at radius 1 is 1.33 bits per heavy atom. The van der Waals surface area contributed by atoms with Gasteiger partial charge >= 0.3 is 0 Å². The topological polar surface area (TPSA) is 46.3 Å². The van der Waals surface area contributed by atoms with Crippen LogP contribution in [0.25, 0.3) is 0 Å². The van der Waals surface area contributed by atoms with Crippen LogP contribution >= 0.6 is 0 Å². The molecule has 15 heavy (non-hydrogen) atoms. The molecule has 1 amide bonds. The second kappa shape index (κ2) is 3.66. The van der Waals surface area contributed by atoms with Gasteiger partial charge in [-0.25, -0.2) is 0 Å². The molecular weight excluding hydrogens is 188 g/mol. The summed E-state index contributed by atoms with van der Waals surface area (Å²) in [5, 5.41) is 0. The molecule has 1 aliphatic rings. The van der Waals surface area contributed by atoms with Crippen LogP contribution in [-0.2, 0) is 4.79 Å². The lowest BCUT2D eigenvalue weighted by Crippen LogP contribution is -2.27. The van der Waals surface area contributed by atoms with Crippen LogP contribution in [0.5, 0.6) is 0 Å². The lowest BCUT2D eigenvalue weighted by atomic mass is 10.1. The Labute approximate surface area is 89.9 Å². The molecule has 1 heterocycles. The number of hydrogen-bond acceptors (Lipinski definition) is 2. The van der Waals surface area contributed by atoms with Crippen molar-refractivity contribution >= 4 is 11.6 Å². The lowest BCUT2D eigenvalue weighted by molar-refractivity contribution is -0.117. The molecule has 0 aromatic heterocycles. The number of rotatable bonds is 1. The maximum absolute atomic E-state index is 11.6. The molecule has 1 aromatic carbocycles. The first-order chi connectivity index (χ1) is 7.08. The van der Waals surface area contributed by atoms with Crippen LogP contribution in [0.3, 0.4) is 0 Å². The summed E-state index contributed by atoms with van der Waals surface area (Å²) >= 11 is 0. The van der Waals surface area contributed by atoms with Crippen molar-refractivity contribution in [1.29, 1.82) is 0 Å². The molecule has 1 unspecified atom stereocenters. The Bertz CT molecular complexity index is 401. The summed E-state index contributed by atoms with van der Waals surface area (Å²) in [5.41, 5.74) is 9.18. The number of aryl methyl sites for hydroxylation is 2. The summed E-state index contributed by atoms with van der Waals surface area (Å²) in [4.78, 5) is 13.4. The van der Waals surface area contributed by atoms with E-state index in [0.717, 1.165) is 5.69 Å². The number of benzene rings is 1. The molecule has 0 aliphatic carbocycles. The third-order valence-corrected chi connectivity index (χ3v) is 2.96. The van der Waals surface area contributed by atoms with Gasteiger partial charge in [0.15, 0.2) is 0 Å². The van der Waals surface area contributed by atoms with Crippen molar-refractivity contribution in [3.8, 4) is 0 Å². The molecule has 1 atom stereocenters. The zero-order chi connectivity index (χ0) is 11.0. The lowest BCUT2D eigenvalue weighted by Gasteiger charge is -2.17. The second-order valence-corrected chi connectivity index (χ2v) is 4.24. The van der Waals surface area contributed by atoms with Crippen LogP contribution in [0.2, 0.25) is 0 Å². The zero-order valence-corrected chi connectivity index (χ0v) is 9.16. The van der Waals surface area contributed by atoms with E-state index in [1.165, 1.54) is 11.1 Å². The van der Waals surface area contributed by atoms with Gasteiger partial charge in [-0.1, -0.05) is 6.07 Å². The first-order valence-electron chi connectivity index (χ1n) is 5.21. The molecule has 3 nitrogen and oxygen atoms in total. The SMILES string of the molecule is Cc1ccc(N2CC(N)CC2=O)cc1C. The highest BCUT2D eigenvalue weighted by atomic mass is 16.2. The van der Waals surface area contributed by atoms with Gasteiger partial charge in [0, 0.05) is 24.7 Å². The highest BCUT2D eigenvalue weighted by Crippen LogP contribution is 2.23. The van der Waals surface area contributed by atoms with E-state index in [1.54, 1.807) is 4.90 Å². The minimum Gasteiger partial charge on any atom is -0.326 e. The first kappa shape index (κ1) is 10.2. The summed E-state index contributed by atoms with van der Waals surface area (Å²) in [7, 11) is 0. The average Bonchev–Trinajstić information content (AvgIpc) is 2.50. The molecule has 2 rings (SSSR count). The van der Waals surface area contributed by atoms with Gasteiger partial charge < -0.3 is 10.6 Å². The molecule has 1 fully saturated rings. The number of carbonyl (C=O) groups excluding carboxylic acids is 1. The standard InChI is InChI=1S/C12H16N2O/c1-8-3-4-11(5-9(8)2)14-7-10(13)6-12(14)15/h3-5,10H,6-7,13H2,1-2H3. The molecule has 2 N–H and O–H groups in total. The molecule has 80 valence electrons. The van der Waals surface area contributed by atoms with Crippen molar-refractivity contribution in [3.05, 3.63) is 29.3 Å². The second-order valence-electron chi connectivity index (χ2n) is 4.24. The third-order valence-electron chi connectivity index (χ3n) is 2.96. The maximum Gasteiger partial charge on any atom is 0.228 e. The highest BCUT2D eigenvalue weighted by Gasteiger charge is 2.27. The highest BCUT2D eigenvalue weighted by molar-refractivity contribution is 5.96. The maximum atomic E-state index is 11.6. The molecule has 1 saturated heterocycles. The number of nitrogens with two attached hydrogens (primary N) is 1. The minimum atomic E-state index is -0.0147. The van der Waals surface area contributed by atoms with Gasteiger partial charge in [0.2, 0.25) is 5.91 Å². The van der Waals surface area contributed by atoms with Crippen LogP contribution in [-0.4, -0.2) is 18.5 Å². The predicted octanol–water partition coefficient (Wildman–Crippen LogP) is 1.37. The largest absolute Gasteiger partial charge is 0.326 e. The molecule has 3 heteroatoms. The van der Waals surface area contributed by atoms with Crippen molar-refractivity contribution in [1.82, 2.24) is 0 Å². The van der Waals surface area contributed by atoms with Crippen molar-refractivity contribution in [2.75, 3.05) is 11.4 Å². The van der Waals surface area contributed by atoms with Gasteiger partial charge in [-0.15, -0.1) is 0 Å². The summed E-state index contributed by atoms with van der Waals surface area (Å²) in [6.45, 7) is 4.76. The van der Waals surface area contributed by atoms with Crippen molar-refractivity contribution < 1.29 is 4.79 Å². The minimum absolute atomic E-state index is 0.0147. The predicted molar refractivity (Wildman–Crippen MR) is 60.9 cm³/mol. The van der Waals surface area contributed by atoms with Gasteiger partial charge in [0.05, 0.1) is 0 Å². The van der Waals surface area contributed by atoms with Crippen molar-refractivity contribution in [3.63, 3.8) is 0 Å². The number of hydrogen-bond donors (Lipinski definition) is 1. The van der Waals surface area contributed by atoms with Crippen LogP contribution in [0.1, 0.15) is 17.5 Å². The van der Waals surface area contributed by atoms with Crippen LogP contribution in [0, 0.1) is 13.8 Å². The summed E-state index contributed by atoms with van der Waals surface area (Å²) in [6, 6.07) is 6.06. The average molecular weight is 204 g/mol. The van der Waals surface area contributed by atoms with Gasteiger partial charge in [-0.3, -0.25) is 4.79 Å². The Kier molecular flexibility index (Phi) is 2.49. The fourth-order valence-electron chi connectivity index (χ4n) is 1.88. The first-order valence-corrected chi connectivity index (χ1v) is 5.21. The fourth-order valence-corrected chi connectivity index (χ4v) is 1.88. The number of nitrogens with zero attached hydrogens (tertiary/aromatic N) is 1. The van der Waals surface area contributed by atoms with E-state index in [4.69, 9.17) is 5.73 Å². The Hall–Kier alpha value is -1.35. The molecular formula is C12H16N2O. The molecule has 1 aliphatic heterocycles. The van der Waals surface area contributed by atoms with Gasteiger partial charge in [-0.05, 0) is 37.1 Å². The molecule has 0 saturated carbocycles. The van der Waals surface area contributed by atoms with Crippen LogP contribution < -0.4 is 10.6 Å². The molecule has 0 radical (unpaired) electrons. The van der Waals surface area contributed by atoms with Crippen molar-refractivity contribution in [2.24, 2.45) is 5.73 Å². The summed E-state index contributed by atoms with van der Waals surface area (Å²) in [5.74, 6) is 0.130. The van der Waals surface area contributed by atoms with Crippen LogP contribution in [0.15, 0.2) is 18.2 Å². The van der Waals surface area contributed by atoms with E-state index in [-0.39, 0.29) is 11.9 Å². The normalized spacial score (nSPS) is 21.1. The fraction of sp³-hybridized carbons (Fsp3) is 0.417. The smallest absolute Gasteiger partial charge is 0.228 e. The molecule has 1 aromatic rings. The van der Waals surface area contributed by atoms with Crippen molar-refractivity contribution in [2.45, 2.75) is 26.3 Å². The van der Waals surface area contributed by atoms with E-state index in [1.807, 2.05) is 18.2 Å². The number of carbonyl (C=O) groups is 1. The van der Waals surface area contributed by atoms with Gasteiger partial charge in [0.25, 0.3) is 0 Å². The van der Waals surface area contributed by atoms with E-state index in [9.17, 15) is 4.79 Å². The third kappa shape index (κ3) is 1.88. The summed E-state index contributed by atoms with van der Waals surface area (Å²) in [6.07, 6.45) is 0.465. The zero-order valence-electron chi connectivity index (χ0n) is 9.16. The Morgan fingerprint density at radius 2 is 2.07 bits per heavy atom. The van der Waals surface area contributed by atoms with Gasteiger partial charge in [0.1, 0.15) is 0 Å². The van der Waals surface area contributed by atoms with Crippen LogP contribution in [0.4, 0.5) is 5.69 Å². The molecule has 0 bridgehead atoms. The summed E-state index contributed by atoms with van der Waals surface area (Å²) < 4.78 is 0. The Morgan fingerprint density at radius 3 is 2.60 bits per heavy atom. The van der Waals surface area contributed by atoms with E-state index < -0.39 is 0 Å². The quantitative estimate of drug-likeness (QED) is 0.751. The molecule has 0 spiro atoms. The van der Waals surface area contributed by atoms with E-state index in [2.05, 4.69) is 13.8 Å². The van der Waals surface area contributed by atoms with E-state index >= 15 is 0 Å². The van der Waals surface area contributed by atoms with Gasteiger partial charge in [-0.2, -0.15) is 0 Å². The Balaban J connectivity index is 2.30. The van der Waals surface area contributed by atoms with E-state index in [0.29, 0.717) is 13.0 Å². The monoisotopic (exact) mass is 204 g/mol. The number of anilines is 1.